The lowest BCUT2D eigenvalue weighted by molar-refractivity contribution is 0.0930. The number of ketones is 1. The van der Waals surface area contributed by atoms with Gasteiger partial charge >= 0.3 is 0 Å². The highest BCUT2D eigenvalue weighted by Gasteiger charge is 2.22. The van der Waals surface area contributed by atoms with Crippen LogP contribution in [0.15, 0.2) is 18.2 Å². The summed E-state index contributed by atoms with van der Waals surface area (Å²) in [5, 5.41) is 0. The van der Waals surface area contributed by atoms with Gasteiger partial charge in [-0.25, -0.2) is 0 Å². The van der Waals surface area contributed by atoms with Crippen molar-refractivity contribution < 1.29 is 9.53 Å². The maximum absolute atomic E-state index is 11.4. The number of nitrogens with zero attached hydrogens (tertiary/aromatic N) is 1. The third-order valence-electron chi connectivity index (χ3n) is 3.44. The molecule has 1 aliphatic rings. The minimum Gasteiger partial charge on any atom is -0.398 e. The van der Waals surface area contributed by atoms with Gasteiger partial charge in [-0.1, -0.05) is 6.92 Å². The molecule has 2 rings (SSSR count). The van der Waals surface area contributed by atoms with Crippen LogP contribution in [-0.4, -0.2) is 31.6 Å². The van der Waals surface area contributed by atoms with Crippen molar-refractivity contribution in [2.75, 3.05) is 30.4 Å². The maximum atomic E-state index is 11.4. The average Bonchev–Trinajstić information content (AvgIpc) is 2.38. The summed E-state index contributed by atoms with van der Waals surface area (Å²) >= 11 is 0. The Morgan fingerprint density at radius 1 is 1.56 bits per heavy atom. The fraction of sp³-hybridized carbons (Fsp3) is 0.500. The van der Waals surface area contributed by atoms with Crippen LogP contribution in [0, 0.1) is 0 Å². The highest BCUT2D eigenvalue weighted by Crippen LogP contribution is 2.25. The van der Waals surface area contributed by atoms with Gasteiger partial charge in [0.2, 0.25) is 0 Å². The number of rotatable bonds is 3. The third kappa shape index (κ3) is 2.48. The quantitative estimate of drug-likeness (QED) is 0.657. The van der Waals surface area contributed by atoms with Crippen molar-refractivity contribution in [2.24, 2.45) is 0 Å². The number of carbonyl (C=O) groups excluding carboxylic acids is 1. The molecule has 4 heteroatoms. The molecule has 0 radical (unpaired) electrons. The molecule has 0 aromatic heterocycles. The van der Waals surface area contributed by atoms with Gasteiger partial charge in [-0.05, 0) is 31.5 Å². The van der Waals surface area contributed by atoms with Crippen LogP contribution < -0.4 is 10.6 Å². The molecule has 0 saturated carbocycles. The second-order valence-electron chi connectivity index (χ2n) is 4.66. The molecular formula is C14H20N2O2. The molecule has 1 unspecified atom stereocenters. The first-order valence-corrected chi connectivity index (χ1v) is 6.38. The Morgan fingerprint density at radius 2 is 2.33 bits per heavy atom. The van der Waals surface area contributed by atoms with E-state index in [1.807, 2.05) is 18.2 Å². The van der Waals surface area contributed by atoms with E-state index in [0.717, 1.165) is 31.9 Å². The van der Waals surface area contributed by atoms with E-state index in [1.165, 1.54) is 6.92 Å². The Balaban J connectivity index is 2.27. The topological polar surface area (TPSA) is 55.6 Å². The molecule has 1 aromatic rings. The molecule has 1 saturated heterocycles. The number of hydrogen-bond donors (Lipinski definition) is 1. The Labute approximate surface area is 108 Å². The van der Waals surface area contributed by atoms with Crippen LogP contribution in [-0.2, 0) is 4.74 Å². The normalized spacial score (nSPS) is 19.9. The number of anilines is 2. The fourth-order valence-electron chi connectivity index (χ4n) is 2.38. The molecule has 0 spiro atoms. The number of nitrogen functional groups attached to an aromatic ring is 1. The first-order valence-electron chi connectivity index (χ1n) is 6.38. The van der Waals surface area contributed by atoms with E-state index in [2.05, 4.69) is 11.8 Å². The molecule has 0 amide bonds. The number of benzene rings is 1. The summed E-state index contributed by atoms with van der Waals surface area (Å²) in [5.41, 5.74) is 8.17. The van der Waals surface area contributed by atoms with Crippen molar-refractivity contribution in [2.45, 2.75) is 26.3 Å². The van der Waals surface area contributed by atoms with Crippen molar-refractivity contribution >= 4 is 17.2 Å². The van der Waals surface area contributed by atoms with E-state index in [1.54, 1.807) is 0 Å². The fourth-order valence-corrected chi connectivity index (χ4v) is 2.38. The van der Waals surface area contributed by atoms with E-state index in [4.69, 9.17) is 10.5 Å². The molecule has 1 aliphatic heterocycles. The smallest absolute Gasteiger partial charge is 0.161 e. The van der Waals surface area contributed by atoms with Gasteiger partial charge in [0.25, 0.3) is 0 Å². The van der Waals surface area contributed by atoms with Gasteiger partial charge in [0.1, 0.15) is 0 Å². The lowest BCUT2D eigenvalue weighted by Gasteiger charge is -2.37. The molecular weight excluding hydrogens is 228 g/mol. The number of morpholine rings is 1. The molecule has 1 aromatic carbocycles. The van der Waals surface area contributed by atoms with Crippen LogP contribution in [0.25, 0.3) is 0 Å². The molecule has 18 heavy (non-hydrogen) atoms. The SMILES string of the molecule is CCC1COCCN1c1ccc(C(C)=O)c(N)c1. The van der Waals surface area contributed by atoms with Gasteiger partial charge in [0.15, 0.2) is 5.78 Å². The van der Waals surface area contributed by atoms with Crippen molar-refractivity contribution in [1.29, 1.82) is 0 Å². The van der Waals surface area contributed by atoms with Gasteiger partial charge < -0.3 is 15.4 Å². The van der Waals surface area contributed by atoms with E-state index in [9.17, 15) is 4.79 Å². The summed E-state index contributed by atoms with van der Waals surface area (Å²) in [7, 11) is 0. The highest BCUT2D eigenvalue weighted by atomic mass is 16.5. The summed E-state index contributed by atoms with van der Waals surface area (Å²) in [4.78, 5) is 13.7. The molecule has 2 N–H and O–H groups in total. The van der Waals surface area contributed by atoms with Gasteiger partial charge in [0, 0.05) is 23.5 Å². The lowest BCUT2D eigenvalue weighted by Crippen LogP contribution is -2.45. The Hall–Kier alpha value is -1.55. The standard InChI is InChI=1S/C14H20N2O2/c1-3-11-9-18-7-6-16(11)12-4-5-13(10(2)17)14(15)8-12/h4-5,8,11H,3,6-7,9,15H2,1-2H3. The summed E-state index contributed by atoms with van der Waals surface area (Å²) in [6.45, 7) is 6.06. The van der Waals surface area contributed by atoms with E-state index in [-0.39, 0.29) is 5.78 Å². The molecule has 0 bridgehead atoms. The van der Waals surface area contributed by atoms with Gasteiger partial charge in [-0.3, -0.25) is 4.79 Å². The Bertz CT molecular complexity index is 445. The van der Waals surface area contributed by atoms with Crippen LogP contribution in [0.2, 0.25) is 0 Å². The molecule has 1 atom stereocenters. The predicted molar refractivity (Wildman–Crippen MR) is 73.1 cm³/mol. The summed E-state index contributed by atoms with van der Waals surface area (Å²) in [6, 6.07) is 6.07. The van der Waals surface area contributed by atoms with E-state index < -0.39 is 0 Å². The van der Waals surface area contributed by atoms with Crippen LogP contribution in [0.5, 0.6) is 0 Å². The van der Waals surface area contributed by atoms with E-state index in [0.29, 0.717) is 17.3 Å². The molecule has 0 aliphatic carbocycles. The minimum atomic E-state index is 0.00747. The second-order valence-corrected chi connectivity index (χ2v) is 4.66. The summed E-state index contributed by atoms with van der Waals surface area (Å²) in [5.74, 6) is 0.00747. The Morgan fingerprint density at radius 3 is 2.94 bits per heavy atom. The Kier molecular flexibility index (Phi) is 3.87. The average molecular weight is 248 g/mol. The number of ether oxygens (including phenoxy) is 1. The first-order chi connectivity index (χ1) is 8.63. The third-order valence-corrected chi connectivity index (χ3v) is 3.44. The van der Waals surface area contributed by atoms with Gasteiger partial charge in [0.05, 0.1) is 19.3 Å². The first kappa shape index (κ1) is 12.9. The van der Waals surface area contributed by atoms with Gasteiger partial charge in [-0.15, -0.1) is 0 Å². The molecule has 1 heterocycles. The number of nitrogens with two attached hydrogens (primary N) is 1. The summed E-state index contributed by atoms with van der Waals surface area (Å²) in [6.07, 6.45) is 1.04. The van der Waals surface area contributed by atoms with Crippen molar-refractivity contribution in [1.82, 2.24) is 0 Å². The summed E-state index contributed by atoms with van der Waals surface area (Å²) < 4.78 is 5.49. The van der Waals surface area contributed by atoms with Crippen molar-refractivity contribution in [3.8, 4) is 0 Å². The zero-order valence-electron chi connectivity index (χ0n) is 11.0. The van der Waals surface area contributed by atoms with E-state index >= 15 is 0 Å². The zero-order valence-corrected chi connectivity index (χ0v) is 11.0. The number of Topliss-reactive ketones (excluding diaryl/α,β-unsaturated/α-hetero) is 1. The van der Waals surface area contributed by atoms with Crippen LogP contribution in [0.4, 0.5) is 11.4 Å². The maximum Gasteiger partial charge on any atom is 0.161 e. The predicted octanol–water partition coefficient (Wildman–Crippen LogP) is 2.09. The monoisotopic (exact) mass is 248 g/mol. The second kappa shape index (κ2) is 5.40. The van der Waals surface area contributed by atoms with Crippen molar-refractivity contribution in [3.63, 3.8) is 0 Å². The van der Waals surface area contributed by atoms with Crippen molar-refractivity contribution in [3.05, 3.63) is 23.8 Å². The molecule has 4 nitrogen and oxygen atoms in total. The van der Waals surface area contributed by atoms with Gasteiger partial charge in [-0.2, -0.15) is 0 Å². The number of carbonyl (C=O) groups is 1. The highest BCUT2D eigenvalue weighted by molar-refractivity contribution is 5.99. The number of hydrogen-bond acceptors (Lipinski definition) is 4. The molecule has 98 valence electrons. The van der Waals surface area contributed by atoms with Crippen LogP contribution >= 0.6 is 0 Å². The van der Waals surface area contributed by atoms with Crippen LogP contribution in [0.3, 0.4) is 0 Å². The largest absolute Gasteiger partial charge is 0.398 e. The molecule has 1 fully saturated rings. The zero-order chi connectivity index (χ0) is 13.1. The van der Waals surface area contributed by atoms with Crippen LogP contribution in [0.1, 0.15) is 30.6 Å². The minimum absolute atomic E-state index is 0.00747. The lowest BCUT2D eigenvalue weighted by atomic mass is 10.1.